The first-order chi connectivity index (χ1) is 14.0. The predicted molar refractivity (Wildman–Crippen MR) is 114 cm³/mol. The minimum absolute atomic E-state index is 0.0775. The molecule has 0 bridgehead atoms. The summed E-state index contributed by atoms with van der Waals surface area (Å²) in [5.74, 6) is -1.21. The number of benzene rings is 2. The number of thiazole rings is 1. The lowest BCUT2D eigenvalue weighted by Crippen LogP contribution is -2.29. The summed E-state index contributed by atoms with van der Waals surface area (Å²) in [6.07, 6.45) is 1.59. The second kappa shape index (κ2) is 7.64. The van der Waals surface area contributed by atoms with Crippen molar-refractivity contribution in [2.75, 3.05) is 4.90 Å². The van der Waals surface area contributed by atoms with Crippen LogP contribution < -0.4 is 4.90 Å². The Bertz CT molecular complexity index is 1070. The number of anilines is 1. The quantitative estimate of drug-likeness (QED) is 0.382. The highest BCUT2D eigenvalue weighted by atomic mass is 32.1. The number of carbonyl (C=O) groups excluding carboxylic acids is 2. The van der Waals surface area contributed by atoms with Gasteiger partial charge >= 0.3 is 5.91 Å². The lowest BCUT2D eigenvalue weighted by atomic mass is 9.93. The number of rotatable bonds is 4. The minimum Gasteiger partial charge on any atom is -0.507 e. The van der Waals surface area contributed by atoms with Gasteiger partial charge in [0.15, 0.2) is 5.13 Å². The molecule has 3 aromatic rings. The molecule has 0 spiro atoms. The van der Waals surface area contributed by atoms with Gasteiger partial charge in [0, 0.05) is 17.1 Å². The van der Waals surface area contributed by atoms with E-state index in [4.69, 9.17) is 0 Å². The van der Waals surface area contributed by atoms with Crippen molar-refractivity contribution in [1.29, 1.82) is 0 Å². The van der Waals surface area contributed by atoms with Crippen molar-refractivity contribution >= 4 is 33.9 Å². The van der Waals surface area contributed by atoms with Crippen LogP contribution in [0.1, 0.15) is 42.5 Å². The van der Waals surface area contributed by atoms with Gasteiger partial charge in [-0.05, 0) is 17.0 Å². The average Bonchev–Trinajstić information content (AvgIpc) is 3.35. The van der Waals surface area contributed by atoms with Crippen LogP contribution >= 0.6 is 11.3 Å². The number of Topliss-reactive ketones (excluding diaryl/α,β-unsaturated/α-hetero) is 1. The maximum absolute atomic E-state index is 13.0. The van der Waals surface area contributed by atoms with Gasteiger partial charge in [-0.25, -0.2) is 4.98 Å². The van der Waals surface area contributed by atoms with E-state index in [9.17, 15) is 14.7 Å². The molecule has 0 aliphatic carbocycles. The monoisotopic (exact) mass is 404 g/mol. The molecule has 1 atom stereocenters. The summed E-state index contributed by atoms with van der Waals surface area (Å²) in [4.78, 5) is 31.5. The van der Waals surface area contributed by atoms with Crippen molar-refractivity contribution in [2.24, 2.45) is 0 Å². The SMILES string of the molecule is CC(C)c1ccc(C2C(=C(O)c3ccccc3)C(=O)C(=O)N2c2nccs2)cc1. The van der Waals surface area contributed by atoms with Crippen LogP contribution in [0.25, 0.3) is 5.76 Å². The molecule has 6 heteroatoms. The molecule has 0 radical (unpaired) electrons. The van der Waals surface area contributed by atoms with Crippen molar-refractivity contribution in [3.8, 4) is 0 Å². The second-order valence-electron chi connectivity index (χ2n) is 7.17. The van der Waals surface area contributed by atoms with Crippen LogP contribution in [-0.2, 0) is 9.59 Å². The van der Waals surface area contributed by atoms with Crippen molar-refractivity contribution in [3.05, 3.63) is 88.4 Å². The molecule has 4 rings (SSSR count). The first-order valence-corrected chi connectivity index (χ1v) is 10.2. The Labute approximate surface area is 173 Å². The van der Waals surface area contributed by atoms with Gasteiger partial charge in [0.2, 0.25) is 0 Å². The van der Waals surface area contributed by atoms with E-state index in [1.807, 2.05) is 30.3 Å². The number of amides is 1. The Balaban J connectivity index is 1.91. The fraction of sp³-hybridized carbons (Fsp3) is 0.174. The van der Waals surface area contributed by atoms with Crippen molar-refractivity contribution < 1.29 is 14.7 Å². The zero-order valence-corrected chi connectivity index (χ0v) is 16.9. The smallest absolute Gasteiger partial charge is 0.301 e. The third-order valence-electron chi connectivity index (χ3n) is 5.04. The molecule has 1 aromatic heterocycles. The fourth-order valence-electron chi connectivity index (χ4n) is 3.49. The third-order valence-corrected chi connectivity index (χ3v) is 5.81. The van der Waals surface area contributed by atoms with Crippen LogP contribution in [0.5, 0.6) is 0 Å². The number of hydrogen-bond donors (Lipinski definition) is 1. The Hall–Kier alpha value is -3.25. The van der Waals surface area contributed by atoms with Crippen molar-refractivity contribution in [3.63, 3.8) is 0 Å². The number of carbonyl (C=O) groups is 2. The second-order valence-corrected chi connectivity index (χ2v) is 8.04. The van der Waals surface area contributed by atoms with Crippen LogP contribution in [0.15, 0.2) is 71.7 Å². The molecule has 1 saturated heterocycles. The van der Waals surface area contributed by atoms with E-state index in [2.05, 4.69) is 18.8 Å². The Kier molecular flexibility index (Phi) is 5.03. The lowest BCUT2D eigenvalue weighted by Gasteiger charge is -2.23. The lowest BCUT2D eigenvalue weighted by molar-refractivity contribution is -0.132. The number of aliphatic hydroxyl groups excluding tert-OH is 1. The van der Waals surface area contributed by atoms with Crippen LogP contribution in [0.3, 0.4) is 0 Å². The van der Waals surface area contributed by atoms with E-state index in [1.54, 1.807) is 35.8 Å². The van der Waals surface area contributed by atoms with E-state index in [0.29, 0.717) is 16.6 Å². The molecule has 146 valence electrons. The summed E-state index contributed by atoms with van der Waals surface area (Å²) in [6.45, 7) is 4.21. The van der Waals surface area contributed by atoms with Gasteiger partial charge in [-0.2, -0.15) is 0 Å². The van der Waals surface area contributed by atoms with Crippen LogP contribution in [0, 0.1) is 0 Å². The molecule has 1 aliphatic rings. The maximum atomic E-state index is 13.0. The summed E-state index contributed by atoms with van der Waals surface area (Å²) in [6, 6.07) is 15.9. The maximum Gasteiger partial charge on any atom is 0.301 e. The Morgan fingerprint density at radius 1 is 1.07 bits per heavy atom. The Morgan fingerprint density at radius 3 is 2.34 bits per heavy atom. The Morgan fingerprint density at radius 2 is 1.76 bits per heavy atom. The molecule has 1 fully saturated rings. The highest BCUT2D eigenvalue weighted by molar-refractivity contribution is 7.14. The van der Waals surface area contributed by atoms with Gasteiger partial charge < -0.3 is 5.11 Å². The third kappa shape index (κ3) is 3.36. The van der Waals surface area contributed by atoms with Crippen LogP contribution in [-0.4, -0.2) is 21.8 Å². The average molecular weight is 404 g/mol. The predicted octanol–water partition coefficient (Wildman–Crippen LogP) is 4.89. The van der Waals surface area contributed by atoms with Crippen molar-refractivity contribution in [2.45, 2.75) is 25.8 Å². The molecular formula is C23H20N2O3S. The van der Waals surface area contributed by atoms with E-state index >= 15 is 0 Å². The topological polar surface area (TPSA) is 70.5 Å². The molecule has 2 heterocycles. The van der Waals surface area contributed by atoms with E-state index in [1.165, 1.54) is 16.2 Å². The van der Waals surface area contributed by atoms with E-state index in [0.717, 1.165) is 11.1 Å². The van der Waals surface area contributed by atoms with E-state index in [-0.39, 0.29) is 11.3 Å². The molecular weight excluding hydrogens is 384 g/mol. The number of aliphatic hydroxyl groups is 1. The summed E-state index contributed by atoms with van der Waals surface area (Å²) in [5, 5.41) is 13.1. The molecule has 0 saturated carbocycles. The van der Waals surface area contributed by atoms with Gasteiger partial charge in [0.1, 0.15) is 5.76 Å². The van der Waals surface area contributed by atoms with E-state index < -0.39 is 17.7 Å². The summed E-state index contributed by atoms with van der Waals surface area (Å²) in [7, 11) is 0. The molecule has 29 heavy (non-hydrogen) atoms. The standard InChI is InChI=1S/C23H20N2O3S/c1-14(2)15-8-10-16(11-9-15)19-18(20(26)17-6-4-3-5-7-17)21(27)22(28)25(19)23-24-12-13-29-23/h3-14,19,26H,1-2H3. The van der Waals surface area contributed by atoms with Crippen LogP contribution in [0.4, 0.5) is 5.13 Å². The normalized spacial score (nSPS) is 18.6. The van der Waals surface area contributed by atoms with Gasteiger partial charge in [0.05, 0.1) is 11.6 Å². The number of nitrogens with zero attached hydrogens (tertiary/aromatic N) is 2. The zero-order valence-electron chi connectivity index (χ0n) is 16.1. The van der Waals surface area contributed by atoms with Gasteiger partial charge in [-0.3, -0.25) is 14.5 Å². The van der Waals surface area contributed by atoms with Crippen molar-refractivity contribution in [1.82, 2.24) is 4.98 Å². The highest BCUT2D eigenvalue weighted by Crippen LogP contribution is 2.42. The van der Waals surface area contributed by atoms with Gasteiger partial charge in [-0.15, -0.1) is 11.3 Å². The molecule has 5 nitrogen and oxygen atoms in total. The first-order valence-electron chi connectivity index (χ1n) is 9.35. The molecule has 1 amide bonds. The summed E-state index contributed by atoms with van der Waals surface area (Å²) < 4.78 is 0. The van der Waals surface area contributed by atoms with Gasteiger partial charge in [-0.1, -0.05) is 68.4 Å². The number of aromatic nitrogens is 1. The first kappa shape index (κ1) is 19.1. The number of ketones is 1. The highest BCUT2D eigenvalue weighted by Gasteiger charge is 2.47. The summed E-state index contributed by atoms with van der Waals surface area (Å²) >= 11 is 1.28. The minimum atomic E-state index is -0.734. The van der Waals surface area contributed by atoms with Gasteiger partial charge in [0.25, 0.3) is 5.78 Å². The molecule has 2 aromatic carbocycles. The fourth-order valence-corrected chi connectivity index (χ4v) is 4.16. The number of hydrogen-bond acceptors (Lipinski definition) is 5. The summed E-state index contributed by atoms with van der Waals surface area (Å²) in [5.41, 5.74) is 2.48. The molecule has 1 aliphatic heterocycles. The largest absolute Gasteiger partial charge is 0.507 e. The zero-order chi connectivity index (χ0) is 20.5. The molecule has 1 N–H and O–H groups in total. The molecule has 1 unspecified atom stereocenters. The van der Waals surface area contributed by atoms with Crippen LogP contribution in [0.2, 0.25) is 0 Å².